The molecule has 0 bridgehead atoms. The lowest BCUT2D eigenvalue weighted by Gasteiger charge is -2.31. The lowest BCUT2D eigenvalue weighted by molar-refractivity contribution is -0.132. The summed E-state index contributed by atoms with van der Waals surface area (Å²) in [6.07, 6.45) is 10.4. The standard InChI is InChI=1S/C19H30N4O/c1-22(15-16-6-5-10-20-14-16)12-9-19(24)23-13-8-17-18(23)7-3-2-4-11-21-17/h5-6,10,14,17-18,21H,2-4,7-9,11-13,15H2,1H3/t17-,18-/m1/s1. The minimum absolute atomic E-state index is 0.322. The second-order valence-corrected chi connectivity index (χ2v) is 7.20. The van der Waals surface area contributed by atoms with E-state index in [1.54, 1.807) is 6.20 Å². The van der Waals surface area contributed by atoms with E-state index in [-0.39, 0.29) is 0 Å². The number of carbonyl (C=O) groups is 1. The molecule has 1 aromatic heterocycles. The zero-order valence-corrected chi connectivity index (χ0v) is 14.8. The predicted octanol–water partition coefficient (Wildman–Crippen LogP) is 2.04. The number of hydrogen-bond donors (Lipinski definition) is 1. The lowest BCUT2D eigenvalue weighted by atomic mass is 9.99. The summed E-state index contributed by atoms with van der Waals surface area (Å²) in [5.74, 6) is 0.322. The maximum atomic E-state index is 12.7. The van der Waals surface area contributed by atoms with Gasteiger partial charge in [0.05, 0.1) is 0 Å². The number of aromatic nitrogens is 1. The second-order valence-electron chi connectivity index (χ2n) is 7.20. The van der Waals surface area contributed by atoms with Crippen LogP contribution in [0.5, 0.6) is 0 Å². The van der Waals surface area contributed by atoms with Crippen molar-refractivity contribution in [3.8, 4) is 0 Å². The van der Waals surface area contributed by atoms with Crippen LogP contribution < -0.4 is 5.32 Å². The normalized spacial score (nSPS) is 24.5. The van der Waals surface area contributed by atoms with E-state index in [9.17, 15) is 4.79 Å². The lowest BCUT2D eigenvalue weighted by Crippen LogP contribution is -2.46. The Labute approximate surface area is 145 Å². The van der Waals surface area contributed by atoms with Crippen LogP contribution in [0.15, 0.2) is 24.5 Å². The molecule has 2 saturated heterocycles. The van der Waals surface area contributed by atoms with E-state index in [1.165, 1.54) is 24.8 Å². The highest BCUT2D eigenvalue weighted by molar-refractivity contribution is 5.77. The van der Waals surface area contributed by atoms with Gasteiger partial charge in [0.2, 0.25) is 5.91 Å². The van der Waals surface area contributed by atoms with E-state index in [1.807, 2.05) is 12.3 Å². The first kappa shape index (κ1) is 17.4. The molecule has 0 spiro atoms. The van der Waals surface area contributed by atoms with Gasteiger partial charge in [-0.3, -0.25) is 9.78 Å². The molecule has 0 saturated carbocycles. The molecule has 1 N–H and O–H groups in total. The molecule has 0 radical (unpaired) electrons. The highest BCUT2D eigenvalue weighted by atomic mass is 16.2. The van der Waals surface area contributed by atoms with Crippen LogP contribution in [-0.2, 0) is 11.3 Å². The number of amides is 1. The summed E-state index contributed by atoms with van der Waals surface area (Å²) in [5, 5.41) is 3.65. The summed E-state index contributed by atoms with van der Waals surface area (Å²) in [7, 11) is 2.07. The van der Waals surface area contributed by atoms with Crippen LogP contribution in [0.2, 0.25) is 0 Å². The number of hydrogen-bond acceptors (Lipinski definition) is 4. The molecule has 3 heterocycles. The van der Waals surface area contributed by atoms with E-state index >= 15 is 0 Å². The van der Waals surface area contributed by atoms with Crippen molar-refractivity contribution in [1.29, 1.82) is 0 Å². The zero-order chi connectivity index (χ0) is 16.8. The molecule has 0 unspecified atom stereocenters. The minimum atomic E-state index is 0.322. The highest BCUT2D eigenvalue weighted by Gasteiger charge is 2.36. The summed E-state index contributed by atoms with van der Waals surface area (Å²) < 4.78 is 0. The Balaban J connectivity index is 1.47. The number of carbonyl (C=O) groups excluding carboxylic acids is 1. The van der Waals surface area contributed by atoms with Crippen molar-refractivity contribution in [3.05, 3.63) is 30.1 Å². The third-order valence-electron chi connectivity index (χ3n) is 5.33. The summed E-state index contributed by atoms with van der Waals surface area (Å²) >= 11 is 0. The highest BCUT2D eigenvalue weighted by Crippen LogP contribution is 2.25. The second kappa shape index (κ2) is 8.58. The van der Waals surface area contributed by atoms with E-state index in [4.69, 9.17) is 0 Å². The van der Waals surface area contributed by atoms with E-state index in [2.05, 4.69) is 33.2 Å². The average molecular weight is 330 g/mol. The quantitative estimate of drug-likeness (QED) is 0.897. The summed E-state index contributed by atoms with van der Waals surface area (Å²) in [5.41, 5.74) is 1.19. The molecule has 5 heteroatoms. The third kappa shape index (κ3) is 4.54. The molecule has 1 amide bonds. The van der Waals surface area contributed by atoms with Gasteiger partial charge in [-0.05, 0) is 44.5 Å². The molecule has 2 fully saturated rings. The Morgan fingerprint density at radius 1 is 1.38 bits per heavy atom. The fourth-order valence-electron chi connectivity index (χ4n) is 4.01. The fraction of sp³-hybridized carbons (Fsp3) is 0.684. The van der Waals surface area contributed by atoms with Crippen LogP contribution in [0.3, 0.4) is 0 Å². The smallest absolute Gasteiger partial charge is 0.224 e. The first-order valence-electron chi connectivity index (χ1n) is 9.34. The molecule has 0 aromatic carbocycles. The van der Waals surface area contributed by atoms with Crippen molar-refractivity contribution in [2.24, 2.45) is 0 Å². The molecule has 2 aliphatic rings. The zero-order valence-electron chi connectivity index (χ0n) is 14.8. The predicted molar refractivity (Wildman–Crippen MR) is 95.6 cm³/mol. The molecule has 0 aliphatic carbocycles. The van der Waals surface area contributed by atoms with Crippen molar-refractivity contribution in [3.63, 3.8) is 0 Å². The van der Waals surface area contributed by atoms with Gasteiger partial charge in [-0.2, -0.15) is 0 Å². The molecule has 1 aromatic rings. The topological polar surface area (TPSA) is 48.5 Å². The number of likely N-dealkylation sites (tertiary alicyclic amines) is 1. The van der Waals surface area contributed by atoms with E-state index < -0.39 is 0 Å². The number of fused-ring (bicyclic) bond motifs is 1. The van der Waals surface area contributed by atoms with E-state index in [0.717, 1.165) is 39.0 Å². The number of nitrogens with zero attached hydrogens (tertiary/aromatic N) is 3. The van der Waals surface area contributed by atoms with Crippen LogP contribution in [0.4, 0.5) is 0 Å². The van der Waals surface area contributed by atoms with Crippen molar-refractivity contribution in [2.45, 2.75) is 57.2 Å². The van der Waals surface area contributed by atoms with Crippen LogP contribution >= 0.6 is 0 Å². The molecule has 132 valence electrons. The number of rotatable bonds is 5. The van der Waals surface area contributed by atoms with Crippen molar-refractivity contribution in [1.82, 2.24) is 20.1 Å². The van der Waals surface area contributed by atoms with E-state index in [0.29, 0.717) is 24.4 Å². The van der Waals surface area contributed by atoms with Gasteiger partial charge in [-0.15, -0.1) is 0 Å². The Bertz CT molecular complexity index is 521. The van der Waals surface area contributed by atoms with Crippen molar-refractivity contribution < 1.29 is 4.79 Å². The van der Waals surface area contributed by atoms with Gasteiger partial charge in [0.1, 0.15) is 0 Å². The van der Waals surface area contributed by atoms with Crippen LogP contribution in [-0.4, -0.2) is 59.5 Å². The summed E-state index contributed by atoms with van der Waals surface area (Å²) in [6.45, 7) is 3.67. The van der Waals surface area contributed by atoms with Crippen molar-refractivity contribution in [2.75, 3.05) is 26.7 Å². The molecule has 2 atom stereocenters. The van der Waals surface area contributed by atoms with Crippen LogP contribution in [0.25, 0.3) is 0 Å². The van der Waals surface area contributed by atoms with Gasteiger partial charge in [0.25, 0.3) is 0 Å². The Morgan fingerprint density at radius 3 is 3.12 bits per heavy atom. The molecular formula is C19H30N4O. The molecule has 5 nitrogen and oxygen atoms in total. The van der Waals surface area contributed by atoms with Gasteiger partial charge in [0, 0.05) is 50.5 Å². The molecule has 3 rings (SSSR count). The maximum Gasteiger partial charge on any atom is 0.224 e. The summed E-state index contributed by atoms with van der Waals surface area (Å²) in [6, 6.07) is 4.97. The van der Waals surface area contributed by atoms with Gasteiger partial charge in [-0.25, -0.2) is 0 Å². The average Bonchev–Trinajstić information content (AvgIpc) is 2.95. The van der Waals surface area contributed by atoms with Gasteiger partial charge >= 0.3 is 0 Å². The van der Waals surface area contributed by atoms with Gasteiger partial charge in [0.15, 0.2) is 0 Å². The first-order chi connectivity index (χ1) is 11.7. The maximum absolute atomic E-state index is 12.7. The van der Waals surface area contributed by atoms with Crippen LogP contribution in [0, 0.1) is 0 Å². The largest absolute Gasteiger partial charge is 0.338 e. The fourth-order valence-corrected chi connectivity index (χ4v) is 4.01. The monoisotopic (exact) mass is 330 g/mol. The molecule has 24 heavy (non-hydrogen) atoms. The Morgan fingerprint density at radius 2 is 2.29 bits per heavy atom. The first-order valence-corrected chi connectivity index (χ1v) is 9.34. The van der Waals surface area contributed by atoms with Gasteiger partial charge < -0.3 is 15.1 Å². The van der Waals surface area contributed by atoms with Crippen LogP contribution in [0.1, 0.15) is 44.1 Å². The van der Waals surface area contributed by atoms with Gasteiger partial charge in [-0.1, -0.05) is 18.9 Å². The Hall–Kier alpha value is -1.46. The molecular weight excluding hydrogens is 300 g/mol. The minimum Gasteiger partial charge on any atom is -0.338 e. The number of pyridine rings is 1. The SMILES string of the molecule is CN(CCC(=O)N1CC[C@H]2NCCCCC[C@H]21)Cc1cccnc1. The Kier molecular flexibility index (Phi) is 6.21. The molecule has 2 aliphatic heterocycles. The van der Waals surface area contributed by atoms with Crippen molar-refractivity contribution >= 4 is 5.91 Å². The summed E-state index contributed by atoms with van der Waals surface area (Å²) in [4.78, 5) is 21.2. The third-order valence-corrected chi connectivity index (χ3v) is 5.33. The number of nitrogens with one attached hydrogen (secondary N) is 1.